The molecule has 0 amide bonds. The zero-order valence-corrected chi connectivity index (χ0v) is 8.32. The van der Waals surface area contributed by atoms with Gasteiger partial charge in [0.1, 0.15) is 0 Å². The van der Waals surface area contributed by atoms with Crippen molar-refractivity contribution in [1.29, 1.82) is 0 Å². The lowest BCUT2D eigenvalue weighted by molar-refractivity contribution is 0.451. The van der Waals surface area contributed by atoms with Crippen molar-refractivity contribution in [3.8, 4) is 24.7 Å². The van der Waals surface area contributed by atoms with Crippen molar-refractivity contribution in [2.24, 2.45) is 5.92 Å². The molecule has 1 aliphatic rings. The van der Waals surface area contributed by atoms with Gasteiger partial charge in [0.2, 0.25) is 0 Å². The maximum Gasteiger partial charge on any atom is 0.0975 e. The first-order valence-electron chi connectivity index (χ1n) is 3.41. The molecule has 0 saturated carbocycles. The van der Waals surface area contributed by atoms with E-state index in [0.29, 0.717) is 5.75 Å². The van der Waals surface area contributed by atoms with E-state index in [1.165, 1.54) is 4.31 Å². The van der Waals surface area contributed by atoms with Crippen LogP contribution in [0.5, 0.6) is 0 Å². The minimum absolute atomic E-state index is 0.162. The third kappa shape index (κ3) is 1.34. The summed E-state index contributed by atoms with van der Waals surface area (Å²) in [7, 11) is -0.702. The second-order valence-corrected chi connectivity index (χ2v) is 6.32. The minimum Gasteiger partial charge on any atom is -0.241 e. The first-order valence-corrected chi connectivity index (χ1v) is 6.02. The van der Waals surface area contributed by atoms with Gasteiger partial charge in [0, 0.05) is 7.05 Å². The van der Waals surface area contributed by atoms with E-state index >= 15 is 0 Å². The normalized spacial score (nSPS) is 41.9. The van der Waals surface area contributed by atoms with Crippen molar-refractivity contribution in [2.75, 3.05) is 12.8 Å². The van der Waals surface area contributed by atoms with Crippen LogP contribution in [-0.2, 0) is 19.9 Å². The van der Waals surface area contributed by atoms with Crippen molar-refractivity contribution in [3.63, 3.8) is 0 Å². The second-order valence-electron chi connectivity index (χ2n) is 2.68. The predicted molar refractivity (Wildman–Crippen MR) is 53.1 cm³/mol. The monoisotopic (exact) mass is 199 g/mol. The highest BCUT2D eigenvalue weighted by Gasteiger charge is 2.37. The van der Waals surface area contributed by atoms with Gasteiger partial charge in [-0.3, -0.25) is 0 Å². The molecule has 0 aromatic carbocycles. The van der Waals surface area contributed by atoms with Gasteiger partial charge in [-0.25, -0.2) is 8.51 Å². The van der Waals surface area contributed by atoms with Crippen LogP contribution < -0.4 is 0 Å². The van der Waals surface area contributed by atoms with Crippen molar-refractivity contribution >= 4 is 19.9 Å². The summed E-state index contributed by atoms with van der Waals surface area (Å²) in [5.41, 5.74) is 0. The van der Waals surface area contributed by atoms with Gasteiger partial charge in [-0.05, 0) is 11.2 Å². The minimum atomic E-state index is -2.37. The molecule has 0 radical (unpaired) electrons. The summed E-state index contributed by atoms with van der Waals surface area (Å²) in [6, 6.07) is -0.264. The summed E-state index contributed by atoms with van der Waals surface area (Å²) in [4.78, 5) is 0. The molecule has 1 saturated heterocycles. The number of terminal acetylenes is 2. The number of hydrogen-bond donors (Lipinski definition) is 0. The average molecular weight is 199 g/mol. The molecule has 3 atom stereocenters. The molecular weight excluding hydrogens is 190 g/mol. The van der Waals surface area contributed by atoms with E-state index in [4.69, 9.17) is 24.0 Å². The first-order chi connectivity index (χ1) is 5.53. The summed E-state index contributed by atoms with van der Waals surface area (Å²) in [5, 5.41) is 0. The maximum atomic E-state index is 11.6. The van der Waals surface area contributed by atoms with Gasteiger partial charge >= 0.3 is 0 Å². The molecule has 0 aliphatic carbocycles. The van der Waals surface area contributed by atoms with E-state index in [1.54, 1.807) is 7.05 Å². The van der Waals surface area contributed by atoms with E-state index in [2.05, 4.69) is 11.8 Å². The quantitative estimate of drug-likeness (QED) is 0.506. The smallest absolute Gasteiger partial charge is 0.0975 e. The van der Waals surface area contributed by atoms with E-state index < -0.39 is 8.68 Å². The molecule has 0 N–H and O–H groups in total. The molecule has 4 heteroatoms. The molecule has 2 nitrogen and oxygen atoms in total. The van der Waals surface area contributed by atoms with Crippen LogP contribution in [0, 0.1) is 30.6 Å². The zero-order chi connectivity index (χ0) is 9.35. The summed E-state index contributed by atoms with van der Waals surface area (Å²) in [6.07, 6.45) is 10.5. The lowest BCUT2D eigenvalue weighted by Gasteiger charge is -2.14. The third-order valence-corrected chi connectivity index (χ3v) is 4.99. The Morgan fingerprint density at radius 3 is 2.50 bits per heavy atom. The highest BCUT2D eigenvalue weighted by atomic mass is 32.8. The number of nitrogens with zero attached hydrogens (tertiary/aromatic N) is 1. The van der Waals surface area contributed by atoms with Crippen LogP contribution in [0.25, 0.3) is 0 Å². The van der Waals surface area contributed by atoms with Crippen LogP contribution in [0.1, 0.15) is 0 Å². The number of rotatable bonds is 0. The Morgan fingerprint density at radius 2 is 2.17 bits per heavy atom. The van der Waals surface area contributed by atoms with Crippen LogP contribution in [0.3, 0.4) is 0 Å². The zero-order valence-electron chi connectivity index (χ0n) is 6.69. The summed E-state index contributed by atoms with van der Waals surface area (Å²) in [5.74, 6) is 5.20. The largest absolute Gasteiger partial charge is 0.241 e. The topological polar surface area (TPSA) is 20.3 Å². The summed E-state index contributed by atoms with van der Waals surface area (Å²) < 4.78 is 13.1. The van der Waals surface area contributed by atoms with E-state index in [1.807, 2.05) is 0 Å². The molecule has 1 aliphatic heterocycles. The fraction of sp³-hybridized carbons (Fsp3) is 0.500. The van der Waals surface area contributed by atoms with Crippen LogP contribution in [0.4, 0.5) is 0 Å². The second kappa shape index (κ2) is 3.06. The van der Waals surface area contributed by atoms with E-state index in [9.17, 15) is 4.21 Å². The van der Waals surface area contributed by atoms with Crippen molar-refractivity contribution in [3.05, 3.63) is 0 Å². The summed E-state index contributed by atoms with van der Waals surface area (Å²) >= 11 is 4.88. The van der Waals surface area contributed by atoms with Gasteiger partial charge in [0.05, 0.1) is 26.4 Å². The van der Waals surface area contributed by atoms with Crippen LogP contribution in [-0.4, -0.2) is 27.4 Å². The van der Waals surface area contributed by atoms with Gasteiger partial charge in [-0.15, -0.1) is 12.8 Å². The molecule has 1 fully saturated rings. The Morgan fingerprint density at radius 1 is 1.58 bits per heavy atom. The molecule has 0 bridgehead atoms. The lowest BCUT2D eigenvalue weighted by atomic mass is 10.0. The Kier molecular flexibility index (Phi) is 2.44. The number of hydrogen-bond acceptors (Lipinski definition) is 2. The SMILES string of the molecule is C#CC1CS(=O)(=S)N(C)C1C#C. The average Bonchev–Trinajstić information content (AvgIpc) is 2.24. The molecule has 1 rings (SSSR count). The van der Waals surface area contributed by atoms with Gasteiger partial charge in [0.15, 0.2) is 0 Å². The first kappa shape index (κ1) is 9.54. The van der Waals surface area contributed by atoms with Crippen molar-refractivity contribution < 1.29 is 4.21 Å². The summed E-state index contributed by atoms with van der Waals surface area (Å²) in [6.45, 7) is 0. The van der Waals surface area contributed by atoms with Gasteiger partial charge in [0.25, 0.3) is 0 Å². The molecule has 3 unspecified atom stereocenters. The molecule has 0 spiro atoms. The fourth-order valence-corrected chi connectivity index (χ4v) is 3.46. The van der Waals surface area contributed by atoms with E-state index in [0.717, 1.165) is 0 Å². The molecule has 12 heavy (non-hydrogen) atoms. The predicted octanol–water partition coefficient (Wildman–Crippen LogP) is -0.156. The lowest BCUT2D eigenvalue weighted by Crippen LogP contribution is -2.29. The molecule has 0 aromatic heterocycles. The fourth-order valence-electron chi connectivity index (χ4n) is 1.22. The van der Waals surface area contributed by atoms with Crippen LogP contribution in [0.2, 0.25) is 0 Å². The molecule has 64 valence electrons. The van der Waals surface area contributed by atoms with E-state index in [-0.39, 0.29) is 12.0 Å². The van der Waals surface area contributed by atoms with Gasteiger partial charge in [-0.2, -0.15) is 0 Å². The van der Waals surface area contributed by atoms with Crippen LogP contribution in [0.15, 0.2) is 0 Å². The third-order valence-electron chi connectivity index (χ3n) is 1.99. The maximum absolute atomic E-state index is 11.6. The highest BCUT2D eigenvalue weighted by molar-refractivity contribution is 8.31. The standard InChI is InChI=1S/C8H9NOS2/c1-4-7-6-12(10,11)9(3)8(7)5-2/h1-2,7-8H,6H2,3H3. The molecular formula is C8H9NOS2. The van der Waals surface area contributed by atoms with Gasteiger partial charge in [-0.1, -0.05) is 11.8 Å². The molecule has 0 aromatic rings. The van der Waals surface area contributed by atoms with Crippen molar-refractivity contribution in [2.45, 2.75) is 6.04 Å². The Hall–Kier alpha value is -0.550. The Balaban J connectivity index is 3.07. The highest BCUT2D eigenvalue weighted by Crippen LogP contribution is 2.24. The van der Waals surface area contributed by atoms with Gasteiger partial charge < -0.3 is 0 Å². The Labute approximate surface area is 78.1 Å². The Bertz CT molecular complexity index is 357. The van der Waals surface area contributed by atoms with Crippen LogP contribution >= 0.6 is 0 Å². The van der Waals surface area contributed by atoms with Crippen molar-refractivity contribution in [1.82, 2.24) is 4.31 Å². The molecule has 1 heterocycles.